The summed E-state index contributed by atoms with van der Waals surface area (Å²) < 4.78 is 5.81. The molecule has 2 fully saturated rings. The van der Waals surface area contributed by atoms with Crippen LogP contribution in [0.15, 0.2) is 0 Å². The monoisotopic (exact) mass is 296 g/mol. The van der Waals surface area contributed by atoms with Gasteiger partial charge < -0.3 is 10.1 Å². The Morgan fingerprint density at radius 1 is 1.19 bits per heavy atom. The van der Waals surface area contributed by atoms with E-state index < -0.39 is 0 Å². The molecular formula is C18H36N2O. The van der Waals surface area contributed by atoms with Crippen molar-refractivity contribution < 1.29 is 4.74 Å². The number of hydrogen-bond acceptors (Lipinski definition) is 3. The SMILES string of the molecule is CCC1CNC(C2CCCCC2)CN1CCOCC(C)C. The molecule has 0 aromatic heterocycles. The lowest BCUT2D eigenvalue weighted by Crippen LogP contribution is -2.59. The first-order valence-corrected chi connectivity index (χ1v) is 9.25. The van der Waals surface area contributed by atoms with Crippen molar-refractivity contribution in [2.75, 3.05) is 32.8 Å². The fourth-order valence-electron chi connectivity index (χ4n) is 3.91. The molecule has 0 amide bonds. The Hall–Kier alpha value is -0.120. The van der Waals surface area contributed by atoms with Crippen molar-refractivity contribution in [1.29, 1.82) is 0 Å². The minimum absolute atomic E-state index is 0.644. The van der Waals surface area contributed by atoms with Crippen LogP contribution in [0.25, 0.3) is 0 Å². The first kappa shape index (κ1) is 17.2. The summed E-state index contributed by atoms with van der Waals surface area (Å²) in [5.74, 6) is 1.56. The van der Waals surface area contributed by atoms with Crippen molar-refractivity contribution >= 4 is 0 Å². The third-order valence-electron chi connectivity index (χ3n) is 5.23. The second kappa shape index (κ2) is 9.12. The van der Waals surface area contributed by atoms with Crippen LogP contribution < -0.4 is 5.32 Å². The van der Waals surface area contributed by atoms with Gasteiger partial charge in [-0.1, -0.05) is 40.0 Å². The Morgan fingerprint density at radius 2 is 1.95 bits per heavy atom. The van der Waals surface area contributed by atoms with E-state index in [1.807, 2.05) is 0 Å². The number of nitrogens with zero attached hydrogens (tertiary/aromatic N) is 1. The van der Waals surface area contributed by atoms with Gasteiger partial charge in [-0.2, -0.15) is 0 Å². The van der Waals surface area contributed by atoms with E-state index in [2.05, 4.69) is 31.0 Å². The molecule has 3 heteroatoms. The van der Waals surface area contributed by atoms with E-state index in [0.717, 1.165) is 31.7 Å². The average Bonchev–Trinajstić information content (AvgIpc) is 2.52. The van der Waals surface area contributed by atoms with Crippen LogP contribution in [-0.4, -0.2) is 49.8 Å². The van der Waals surface area contributed by atoms with Crippen molar-refractivity contribution in [1.82, 2.24) is 10.2 Å². The maximum absolute atomic E-state index is 5.81. The Bertz CT molecular complexity index is 276. The molecule has 1 saturated carbocycles. The third kappa shape index (κ3) is 5.54. The number of ether oxygens (including phenoxy) is 1. The van der Waals surface area contributed by atoms with Gasteiger partial charge in [0.25, 0.3) is 0 Å². The molecule has 124 valence electrons. The average molecular weight is 296 g/mol. The highest BCUT2D eigenvalue weighted by atomic mass is 16.5. The molecule has 1 N–H and O–H groups in total. The first-order valence-electron chi connectivity index (χ1n) is 9.25. The highest BCUT2D eigenvalue weighted by molar-refractivity contribution is 4.90. The van der Waals surface area contributed by atoms with Gasteiger partial charge in [-0.15, -0.1) is 0 Å². The van der Waals surface area contributed by atoms with Gasteiger partial charge in [-0.25, -0.2) is 0 Å². The third-order valence-corrected chi connectivity index (χ3v) is 5.23. The molecule has 3 nitrogen and oxygen atoms in total. The Labute approximate surface area is 131 Å². The summed E-state index contributed by atoms with van der Waals surface area (Å²) in [6.07, 6.45) is 8.45. The maximum atomic E-state index is 5.81. The molecule has 0 spiro atoms. The van der Waals surface area contributed by atoms with Crippen molar-refractivity contribution in [3.63, 3.8) is 0 Å². The van der Waals surface area contributed by atoms with Gasteiger partial charge in [0.15, 0.2) is 0 Å². The minimum Gasteiger partial charge on any atom is -0.380 e. The molecular weight excluding hydrogens is 260 g/mol. The number of hydrogen-bond donors (Lipinski definition) is 1. The van der Waals surface area contributed by atoms with E-state index in [1.54, 1.807) is 0 Å². The molecule has 0 aromatic rings. The van der Waals surface area contributed by atoms with Crippen LogP contribution in [0.5, 0.6) is 0 Å². The van der Waals surface area contributed by atoms with Gasteiger partial charge in [-0.3, -0.25) is 4.90 Å². The zero-order chi connectivity index (χ0) is 15.1. The molecule has 21 heavy (non-hydrogen) atoms. The summed E-state index contributed by atoms with van der Waals surface area (Å²) >= 11 is 0. The van der Waals surface area contributed by atoms with Crippen molar-refractivity contribution in [3.8, 4) is 0 Å². The van der Waals surface area contributed by atoms with Crippen molar-refractivity contribution in [3.05, 3.63) is 0 Å². The molecule has 1 saturated heterocycles. The first-order chi connectivity index (χ1) is 10.2. The van der Waals surface area contributed by atoms with Crippen LogP contribution in [-0.2, 0) is 4.74 Å². The number of nitrogens with one attached hydrogen (secondary N) is 1. The molecule has 0 aromatic carbocycles. The van der Waals surface area contributed by atoms with Gasteiger partial charge in [-0.05, 0) is 31.1 Å². The van der Waals surface area contributed by atoms with E-state index in [1.165, 1.54) is 51.6 Å². The molecule has 2 rings (SSSR count). The van der Waals surface area contributed by atoms with Crippen LogP contribution in [0.1, 0.15) is 59.3 Å². The molecule has 0 radical (unpaired) electrons. The molecule has 1 heterocycles. The minimum atomic E-state index is 0.644. The highest BCUT2D eigenvalue weighted by Gasteiger charge is 2.31. The second-order valence-electron chi connectivity index (χ2n) is 7.44. The van der Waals surface area contributed by atoms with Crippen molar-refractivity contribution in [2.45, 2.75) is 71.4 Å². The van der Waals surface area contributed by atoms with Crippen LogP contribution in [0.3, 0.4) is 0 Å². The van der Waals surface area contributed by atoms with Crippen LogP contribution in [0, 0.1) is 11.8 Å². The topological polar surface area (TPSA) is 24.5 Å². The molecule has 2 aliphatic rings. The Kier molecular flexibility index (Phi) is 7.48. The Balaban J connectivity index is 1.77. The maximum Gasteiger partial charge on any atom is 0.0593 e. The number of rotatable bonds is 7. The summed E-state index contributed by atoms with van der Waals surface area (Å²) in [5.41, 5.74) is 0. The quantitative estimate of drug-likeness (QED) is 0.730. The van der Waals surface area contributed by atoms with E-state index in [0.29, 0.717) is 12.0 Å². The molecule has 2 atom stereocenters. The van der Waals surface area contributed by atoms with Gasteiger partial charge in [0.05, 0.1) is 6.61 Å². The standard InChI is InChI=1S/C18H36N2O/c1-4-17-12-19-18(16-8-6-5-7-9-16)13-20(17)10-11-21-14-15(2)3/h15-19H,4-14H2,1-3H3. The van der Waals surface area contributed by atoms with Gasteiger partial charge in [0, 0.05) is 38.3 Å². The van der Waals surface area contributed by atoms with Gasteiger partial charge >= 0.3 is 0 Å². The smallest absolute Gasteiger partial charge is 0.0593 e. The molecule has 0 bridgehead atoms. The lowest BCUT2D eigenvalue weighted by Gasteiger charge is -2.43. The van der Waals surface area contributed by atoms with Crippen molar-refractivity contribution in [2.24, 2.45) is 11.8 Å². The molecule has 1 aliphatic heterocycles. The van der Waals surface area contributed by atoms with Crippen LogP contribution >= 0.6 is 0 Å². The fraction of sp³-hybridized carbons (Fsp3) is 1.00. The molecule has 2 unspecified atom stereocenters. The van der Waals surface area contributed by atoms with Gasteiger partial charge in [0.1, 0.15) is 0 Å². The van der Waals surface area contributed by atoms with E-state index in [9.17, 15) is 0 Å². The fourth-order valence-corrected chi connectivity index (χ4v) is 3.91. The second-order valence-corrected chi connectivity index (χ2v) is 7.44. The summed E-state index contributed by atoms with van der Waals surface area (Å²) in [4.78, 5) is 2.69. The summed E-state index contributed by atoms with van der Waals surface area (Å²) in [7, 11) is 0. The zero-order valence-corrected chi connectivity index (χ0v) is 14.4. The molecule has 1 aliphatic carbocycles. The van der Waals surface area contributed by atoms with Crippen LogP contribution in [0.4, 0.5) is 0 Å². The summed E-state index contributed by atoms with van der Waals surface area (Å²) in [5, 5.41) is 3.85. The lowest BCUT2D eigenvalue weighted by molar-refractivity contribution is 0.0432. The highest BCUT2D eigenvalue weighted by Crippen LogP contribution is 2.28. The van der Waals surface area contributed by atoms with Gasteiger partial charge in [0.2, 0.25) is 0 Å². The predicted molar refractivity (Wildman–Crippen MR) is 89.7 cm³/mol. The summed E-state index contributed by atoms with van der Waals surface area (Å²) in [6.45, 7) is 12.1. The lowest BCUT2D eigenvalue weighted by atomic mass is 9.82. The van der Waals surface area contributed by atoms with Crippen LogP contribution in [0.2, 0.25) is 0 Å². The number of piperazine rings is 1. The Morgan fingerprint density at radius 3 is 2.62 bits per heavy atom. The summed E-state index contributed by atoms with van der Waals surface area (Å²) in [6, 6.07) is 1.42. The van der Waals surface area contributed by atoms with E-state index in [-0.39, 0.29) is 0 Å². The van der Waals surface area contributed by atoms with E-state index >= 15 is 0 Å². The van der Waals surface area contributed by atoms with E-state index in [4.69, 9.17) is 4.74 Å². The predicted octanol–water partition coefficient (Wildman–Crippen LogP) is 3.29. The zero-order valence-electron chi connectivity index (χ0n) is 14.4. The largest absolute Gasteiger partial charge is 0.380 e. The normalized spacial score (nSPS) is 29.1.